The van der Waals surface area contributed by atoms with E-state index in [1.807, 2.05) is 28.5 Å². The maximum atomic E-state index is 12.9. The summed E-state index contributed by atoms with van der Waals surface area (Å²) in [7, 11) is 0. The number of esters is 1. The van der Waals surface area contributed by atoms with E-state index >= 15 is 0 Å². The van der Waals surface area contributed by atoms with Crippen molar-refractivity contribution in [3.8, 4) is 0 Å². The molecule has 0 saturated carbocycles. The molecule has 2 aliphatic heterocycles. The number of ether oxygens (including phenoxy) is 1. The minimum absolute atomic E-state index is 0.124. The largest absolute Gasteiger partial charge is 0.467 e. The van der Waals surface area contributed by atoms with Crippen molar-refractivity contribution in [1.82, 2.24) is 10.2 Å². The van der Waals surface area contributed by atoms with Crippen molar-refractivity contribution < 1.29 is 18.7 Å². The molecule has 1 N–H and O–H groups in total. The van der Waals surface area contributed by atoms with Crippen molar-refractivity contribution in [3.63, 3.8) is 0 Å². The van der Waals surface area contributed by atoms with Crippen molar-refractivity contribution in [2.24, 2.45) is 4.99 Å². The van der Waals surface area contributed by atoms with Crippen LogP contribution in [-0.4, -0.2) is 28.6 Å². The molecule has 3 heterocycles. The van der Waals surface area contributed by atoms with E-state index in [1.165, 1.54) is 11.8 Å². The predicted molar refractivity (Wildman–Crippen MR) is 124 cm³/mol. The van der Waals surface area contributed by atoms with Crippen molar-refractivity contribution in [1.29, 1.82) is 0 Å². The summed E-state index contributed by atoms with van der Waals surface area (Å²) in [6.45, 7) is 4.11. The van der Waals surface area contributed by atoms with Gasteiger partial charge >= 0.3 is 5.97 Å². The molecule has 9 heteroatoms. The second-order valence-corrected chi connectivity index (χ2v) is 8.47. The van der Waals surface area contributed by atoms with Gasteiger partial charge in [-0.3, -0.25) is 4.79 Å². The van der Waals surface area contributed by atoms with Crippen LogP contribution < -0.4 is 5.32 Å². The zero-order valence-corrected chi connectivity index (χ0v) is 19.2. The molecule has 32 heavy (non-hydrogen) atoms. The number of rotatable bonds is 7. The normalized spacial score (nSPS) is 17.6. The van der Waals surface area contributed by atoms with Gasteiger partial charge in [0.15, 0.2) is 5.17 Å². The Morgan fingerprint density at radius 1 is 1.31 bits per heavy atom. The van der Waals surface area contributed by atoms with Gasteiger partial charge in [-0.15, -0.1) is 0 Å². The summed E-state index contributed by atoms with van der Waals surface area (Å²) >= 11 is 7.69. The molecule has 1 aromatic carbocycles. The van der Waals surface area contributed by atoms with Gasteiger partial charge in [-0.05, 0) is 49.1 Å². The van der Waals surface area contributed by atoms with Gasteiger partial charge in [0.2, 0.25) is 5.91 Å². The number of halogens is 1. The van der Waals surface area contributed by atoms with Crippen LogP contribution in [0, 0.1) is 0 Å². The minimum atomic E-state index is -0.501. The Hall–Kier alpha value is -2.97. The lowest BCUT2D eigenvalue weighted by Gasteiger charge is -2.36. The van der Waals surface area contributed by atoms with E-state index in [9.17, 15) is 9.59 Å². The molecular formula is C23H22ClN3O4S. The topological polar surface area (TPSA) is 84.1 Å². The van der Waals surface area contributed by atoms with Crippen LogP contribution in [0.5, 0.6) is 0 Å². The monoisotopic (exact) mass is 471 g/mol. The molecule has 7 nitrogen and oxygen atoms in total. The van der Waals surface area contributed by atoms with Crippen molar-refractivity contribution in [3.05, 3.63) is 81.4 Å². The van der Waals surface area contributed by atoms with Gasteiger partial charge < -0.3 is 19.4 Å². The van der Waals surface area contributed by atoms with E-state index in [2.05, 4.69) is 10.3 Å². The number of hydrogen-bond acceptors (Lipinski definition) is 7. The van der Waals surface area contributed by atoms with Gasteiger partial charge in [-0.25, -0.2) is 9.79 Å². The molecule has 4 rings (SSSR count). The number of amides is 1. The number of aliphatic imine (C=N–C) groups is 1. The Morgan fingerprint density at radius 2 is 2.16 bits per heavy atom. The van der Waals surface area contributed by atoms with Gasteiger partial charge in [0, 0.05) is 10.7 Å². The van der Waals surface area contributed by atoms with E-state index in [-0.39, 0.29) is 18.9 Å². The number of benzene rings is 1. The fourth-order valence-corrected chi connectivity index (χ4v) is 4.82. The Kier molecular flexibility index (Phi) is 6.72. The number of allylic oxidation sites excluding steroid dienone is 1. The molecule has 1 atom stereocenters. The van der Waals surface area contributed by atoms with Gasteiger partial charge in [0.05, 0.1) is 43.1 Å². The van der Waals surface area contributed by atoms with Crippen molar-refractivity contribution >= 4 is 40.4 Å². The summed E-state index contributed by atoms with van der Waals surface area (Å²) in [4.78, 5) is 32.1. The van der Waals surface area contributed by atoms with Gasteiger partial charge in [-0.1, -0.05) is 35.5 Å². The predicted octanol–water partition coefficient (Wildman–Crippen LogP) is 4.78. The molecular weight excluding hydrogens is 450 g/mol. The zero-order chi connectivity index (χ0) is 22.7. The van der Waals surface area contributed by atoms with Crippen LogP contribution in [-0.2, 0) is 20.9 Å². The molecule has 0 aliphatic carbocycles. The number of nitrogens with zero attached hydrogens (tertiary/aromatic N) is 2. The van der Waals surface area contributed by atoms with E-state index in [0.717, 1.165) is 11.3 Å². The van der Waals surface area contributed by atoms with Crippen LogP contribution in [0.3, 0.4) is 0 Å². The third-order valence-electron chi connectivity index (χ3n) is 5.04. The van der Waals surface area contributed by atoms with Crippen molar-refractivity contribution in [2.75, 3.05) is 6.61 Å². The smallest absolute Gasteiger partial charge is 0.338 e. The van der Waals surface area contributed by atoms with E-state index in [1.54, 1.807) is 38.3 Å². The van der Waals surface area contributed by atoms with Crippen LogP contribution in [0.15, 0.2) is 74.4 Å². The highest BCUT2D eigenvalue weighted by Gasteiger charge is 2.41. The Bertz CT molecular complexity index is 1120. The van der Waals surface area contributed by atoms with Crippen LogP contribution in [0.4, 0.5) is 0 Å². The number of amidine groups is 1. The fourth-order valence-electron chi connectivity index (χ4n) is 3.66. The summed E-state index contributed by atoms with van der Waals surface area (Å²) in [6.07, 6.45) is 1.69. The quantitative estimate of drug-likeness (QED) is 0.585. The maximum absolute atomic E-state index is 12.9. The minimum Gasteiger partial charge on any atom is -0.467 e. The fraction of sp³-hybridized carbons (Fsp3) is 0.261. The highest BCUT2D eigenvalue weighted by Crippen LogP contribution is 2.45. The van der Waals surface area contributed by atoms with E-state index < -0.39 is 12.0 Å². The molecule has 0 fully saturated rings. The summed E-state index contributed by atoms with van der Waals surface area (Å²) in [6, 6.07) is 10.4. The molecule has 0 radical (unpaired) electrons. The van der Waals surface area contributed by atoms with Gasteiger partial charge in [0.25, 0.3) is 0 Å². The van der Waals surface area contributed by atoms with Crippen LogP contribution in [0.25, 0.3) is 0 Å². The molecule has 0 spiro atoms. The SMILES string of the molecule is CCOC(=O)C1=C(C)N=C2SC=C(CC(=O)NCc3ccco3)N2[C@H]1c1cccc(Cl)c1. The average Bonchev–Trinajstić information content (AvgIpc) is 3.41. The number of nitrogens with one attached hydrogen (secondary N) is 1. The average molecular weight is 472 g/mol. The summed E-state index contributed by atoms with van der Waals surface area (Å²) in [5.41, 5.74) is 2.58. The number of carbonyl (C=O) groups is 2. The first-order valence-corrected chi connectivity index (χ1v) is 11.4. The van der Waals surface area contributed by atoms with Crippen molar-refractivity contribution in [2.45, 2.75) is 32.9 Å². The highest BCUT2D eigenvalue weighted by molar-refractivity contribution is 8.16. The zero-order valence-electron chi connectivity index (χ0n) is 17.6. The van der Waals surface area contributed by atoms with Gasteiger partial charge in [0.1, 0.15) is 5.76 Å². The van der Waals surface area contributed by atoms with Gasteiger partial charge in [-0.2, -0.15) is 0 Å². The number of hydrogen-bond donors (Lipinski definition) is 1. The molecule has 0 bridgehead atoms. The Morgan fingerprint density at radius 3 is 2.88 bits per heavy atom. The summed E-state index contributed by atoms with van der Waals surface area (Å²) in [5, 5.41) is 6.01. The first-order chi connectivity index (χ1) is 15.5. The Balaban J connectivity index is 1.63. The number of carbonyl (C=O) groups excluding carboxylic acids is 2. The lowest BCUT2D eigenvalue weighted by atomic mass is 9.94. The third kappa shape index (κ3) is 4.61. The maximum Gasteiger partial charge on any atom is 0.338 e. The first kappa shape index (κ1) is 22.2. The summed E-state index contributed by atoms with van der Waals surface area (Å²) < 4.78 is 10.6. The Labute approximate surface area is 195 Å². The molecule has 0 saturated heterocycles. The van der Waals surface area contributed by atoms with E-state index in [0.29, 0.717) is 33.8 Å². The van der Waals surface area contributed by atoms with Crippen LogP contribution in [0.1, 0.15) is 37.6 Å². The molecule has 1 aromatic heterocycles. The van der Waals surface area contributed by atoms with Crippen LogP contribution in [0.2, 0.25) is 5.02 Å². The molecule has 0 unspecified atom stereocenters. The lowest BCUT2D eigenvalue weighted by Crippen LogP contribution is -2.38. The molecule has 2 aromatic rings. The van der Waals surface area contributed by atoms with Crippen LogP contribution >= 0.6 is 23.4 Å². The second-order valence-electron chi connectivity index (χ2n) is 7.20. The number of furan rings is 1. The highest BCUT2D eigenvalue weighted by atomic mass is 35.5. The molecule has 1 amide bonds. The number of thioether (sulfide) groups is 1. The number of fused-ring (bicyclic) bond motifs is 1. The summed E-state index contributed by atoms with van der Waals surface area (Å²) in [5.74, 6) is 0.0768. The third-order valence-corrected chi connectivity index (χ3v) is 6.17. The first-order valence-electron chi connectivity index (χ1n) is 10.1. The second kappa shape index (κ2) is 9.67. The lowest BCUT2D eigenvalue weighted by molar-refractivity contribution is -0.139. The van der Waals surface area contributed by atoms with E-state index in [4.69, 9.17) is 20.8 Å². The standard InChI is InChI=1S/C23H22ClN3O4S/c1-3-30-22(29)20-14(2)26-23-27(21(20)15-6-4-7-16(24)10-15)17(13-32-23)11-19(28)25-12-18-8-5-9-31-18/h4-10,13,21H,3,11-12H2,1-2H3,(H,25,28)/t21-/m0/s1. The molecule has 2 aliphatic rings. The molecule has 166 valence electrons.